The molecular weight excluding hydrogens is 267 g/mol. The van der Waals surface area contributed by atoms with Crippen LogP contribution >= 0.6 is 0 Å². The molecule has 0 aliphatic carbocycles. The van der Waals surface area contributed by atoms with Gasteiger partial charge in [0.2, 0.25) is 0 Å². The number of aromatic nitrogens is 4. The van der Waals surface area contributed by atoms with Crippen LogP contribution < -0.4 is 0 Å². The molecule has 1 aromatic carbocycles. The number of benzene rings is 1. The Morgan fingerprint density at radius 2 is 1.86 bits per heavy atom. The van der Waals surface area contributed by atoms with E-state index in [2.05, 4.69) is 21.2 Å². The number of fused-ring (bicyclic) bond motifs is 1. The van der Waals surface area contributed by atoms with Crippen molar-refractivity contribution in [1.82, 2.24) is 19.6 Å². The predicted octanol–water partition coefficient (Wildman–Crippen LogP) is 3.53. The standard InChI is InChI=1S/C16H11FN4/c17-14-3-1-11(2-4-14)12-5-15(13-6-19-20-7-13)16-8-18-10-21(16)9-12/h1-10H,(H,19,20). The van der Waals surface area contributed by atoms with Gasteiger partial charge in [-0.2, -0.15) is 5.10 Å². The van der Waals surface area contributed by atoms with Crippen molar-refractivity contribution in [2.24, 2.45) is 0 Å². The summed E-state index contributed by atoms with van der Waals surface area (Å²) < 4.78 is 15.0. The molecule has 0 unspecified atom stereocenters. The zero-order valence-corrected chi connectivity index (χ0v) is 11.0. The van der Waals surface area contributed by atoms with Crippen LogP contribution in [0.3, 0.4) is 0 Å². The van der Waals surface area contributed by atoms with Crippen LogP contribution in [0.4, 0.5) is 4.39 Å². The van der Waals surface area contributed by atoms with Crippen molar-refractivity contribution in [3.63, 3.8) is 0 Å². The Balaban J connectivity index is 1.97. The van der Waals surface area contributed by atoms with Gasteiger partial charge in [0.1, 0.15) is 5.82 Å². The molecule has 0 spiro atoms. The van der Waals surface area contributed by atoms with Crippen LogP contribution in [0.1, 0.15) is 0 Å². The first-order chi connectivity index (χ1) is 10.3. The highest BCUT2D eigenvalue weighted by atomic mass is 19.1. The molecule has 21 heavy (non-hydrogen) atoms. The topological polar surface area (TPSA) is 46.0 Å². The average Bonchev–Trinajstić information content (AvgIpc) is 3.18. The summed E-state index contributed by atoms with van der Waals surface area (Å²) >= 11 is 0. The van der Waals surface area contributed by atoms with E-state index in [1.165, 1.54) is 12.1 Å². The van der Waals surface area contributed by atoms with Gasteiger partial charge in [0, 0.05) is 23.5 Å². The molecule has 4 rings (SSSR count). The highest BCUT2D eigenvalue weighted by molar-refractivity contribution is 5.83. The summed E-state index contributed by atoms with van der Waals surface area (Å²) in [5.41, 5.74) is 4.98. The lowest BCUT2D eigenvalue weighted by Gasteiger charge is -2.08. The van der Waals surface area contributed by atoms with Crippen LogP contribution in [0.2, 0.25) is 0 Å². The van der Waals surface area contributed by atoms with Crippen LogP contribution in [0.15, 0.2) is 61.4 Å². The minimum atomic E-state index is -0.238. The van der Waals surface area contributed by atoms with E-state index in [9.17, 15) is 4.39 Å². The van der Waals surface area contributed by atoms with Crippen molar-refractivity contribution < 1.29 is 4.39 Å². The number of pyridine rings is 1. The molecule has 0 saturated heterocycles. The summed E-state index contributed by atoms with van der Waals surface area (Å²) in [6.07, 6.45) is 9.18. The zero-order chi connectivity index (χ0) is 14.2. The third kappa shape index (κ3) is 1.99. The highest BCUT2D eigenvalue weighted by Crippen LogP contribution is 2.29. The number of aromatic amines is 1. The van der Waals surface area contributed by atoms with Crippen LogP contribution in [-0.2, 0) is 0 Å². The Morgan fingerprint density at radius 1 is 1.00 bits per heavy atom. The van der Waals surface area contributed by atoms with Gasteiger partial charge in [-0.25, -0.2) is 9.37 Å². The summed E-state index contributed by atoms with van der Waals surface area (Å²) in [4.78, 5) is 4.19. The lowest BCUT2D eigenvalue weighted by molar-refractivity contribution is 0.628. The summed E-state index contributed by atoms with van der Waals surface area (Å²) in [6, 6.07) is 8.53. The second kappa shape index (κ2) is 4.56. The predicted molar refractivity (Wildman–Crippen MR) is 78.2 cm³/mol. The third-order valence-corrected chi connectivity index (χ3v) is 3.51. The number of nitrogens with zero attached hydrogens (tertiary/aromatic N) is 3. The van der Waals surface area contributed by atoms with Crippen molar-refractivity contribution in [3.8, 4) is 22.3 Å². The largest absolute Gasteiger partial charge is 0.305 e. The first-order valence-corrected chi connectivity index (χ1v) is 6.52. The van der Waals surface area contributed by atoms with E-state index in [0.717, 1.165) is 27.8 Å². The van der Waals surface area contributed by atoms with Gasteiger partial charge in [0.25, 0.3) is 0 Å². The molecule has 102 valence electrons. The minimum absolute atomic E-state index is 0.238. The van der Waals surface area contributed by atoms with E-state index in [1.54, 1.807) is 24.7 Å². The molecule has 1 N–H and O–H groups in total. The molecule has 0 aliphatic heterocycles. The van der Waals surface area contributed by atoms with Gasteiger partial charge in [-0.1, -0.05) is 12.1 Å². The van der Waals surface area contributed by atoms with Crippen molar-refractivity contribution in [3.05, 3.63) is 67.3 Å². The first-order valence-electron chi connectivity index (χ1n) is 6.52. The summed E-state index contributed by atoms with van der Waals surface area (Å²) in [5, 5.41) is 6.82. The number of hydrogen-bond acceptors (Lipinski definition) is 2. The molecule has 0 saturated carbocycles. The Labute approximate surface area is 119 Å². The highest BCUT2D eigenvalue weighted by Gasteiger charge is 2.09. The molecule has 0 fully saturated rings. The number of imidazole rings is 1. The van der Waals surface area contributed by atoms with Crippen LogP contribution in [0.25, 0.3) is 27.8 Å². The van der Waals surface area contributed by atoms with E-state index < -0.39 is 0 Å². The fourth-order valence-electron chi connectivity index (χ4n) is 2.46. The lowest BCUT2D eigenvalue weighted by atomic mass is 10.0. The smallest absolute Gasteiger partial charge is 0.123 e. The molecule has 0 aliphatic rings. The minimum Gasteiger partial charge on any atom is -0.305 e. The van der Waals surface area contributed by atoms with Crippen molar-refractivity contribution >= 4 is 5.52 Å². The van der Waals surface area contributed by atoms with Crippen LogP contribution in [0, 0.1) is 5.82 Å². The molecule has 0 atom stereocenters. The zero-order valence-electron chi connectivity index (χ0n) is 11.0. The van der Waals surface area contributed by atoms with Crippen molar-refractivity contribution in [2.75, 3.05) is 0 Å². The maximum atomic E-state index is 13.1. The Morgan fingerprint density at radius 3 is 2.62 bits per heavy atom. The number of hydrogen-bond donors (Lipinski definition) is 1. The average molecular weight is 278 g/mol. The maximum Gasteiger partial charge on any atom is 0.123 e. The van der Waals surface area contributed by atoms with Gasteiger partial charge in [-0.15, -0.1) is 0 Å². The van der Waals surface area contributed by atoms with Gasteiger partial charge in [-0.3, -0.25) is 5.10 Å². The van der Waals surface area contributed by atoms with Gasteiger partial charge in [-0.05, 0) is 29.3 Å². The monoisotopic (exact) mass is 278 g/mol. The van der Waals surface area contributed by atoms with Crippen LogP contribution in [0.5, 0.6) is 0 Å². The number of nitrogens with one attached hydrogen (secondary N) is 1. The Bertz CT molecular complexity index is 892. The van der Waals surface area contributed by atoms with Crippen molar-refractivity contribution in [2.45, 2.75) is 0 Å². The summed E-state index contributed by atoms with van der Waals surface area (Å²) in [7, 11) is 0. The molecular formula is C16H11FN4. The van der Waals surface area contributed by atoms with Gasteiger partial charge < -0.3 is 4.40 Å². The normalized spacial score (nSPS) is 11.1. The van der Waals surface area contributed by atoms with E-state index in [4.69, 9.17) is 0 Å². The molecule has 3 aromatic heterocycles. The van der Waals surface area contributed by atoms with Gasteiger partial charge in [0.15, 0.2) is 0 Å². The third-order valence-electron chi connectivity index (χ3n) is 3.51. The van der Waals surface area contributed by atoms with Crippen molar-refractivity contribution in [1.29, 1.82) is 0 Å². The van der Waals surface area contributed by atoms with E-state index in [-0.39, 0.29) is 5.82 Å². The molecule has 5 heteroatoms. The summed E-state index contributed by atoms with van der Waals surface area (Å²) in [5.74, 6) is -0.238. The van der Waals surface area contributed by atoms with Crippen LogP contribution in [-0.4, -0.2) is 19.6 Å². The Hall–Kier alpha value is -2.95. The number of halogens is 1. The molecule has 4 aromatic rings. The second-order valence-corrected chi connectivity index (χ2v) is 4.82. The summed E-state index contributed by atoms with van der Waals surface area (Å²) in [6.45, 7) is 0. The Kier molecular flexibility index (Phi) is 2.57. The molecule has 0 radical (unpaired) electrons. The maximum absolute atomic E-state index is 13.1. The molecule has 0 bridgehead atoms. The van der Waals surface area contributed by atoms with E-state index >= 15 is 0 Å². The lowest BCUT2D eigenvalue weighted by Crippen LogP contribution is -1.89. The second-order valence-electron chi connectivity index (χ2n) is 4.82. The SMILES string of the molecule is Fc1ccc(-c2cc(-c3cn[nH]c3)c3cncn3c2)cc1. The van der Waals surface area contributed by atoms with E-state index in [0.29, 0.717) is 0 Å². The number of rotatable bonds is 2. The van der Waals surface area contributed by atoms with Gasteiger partial charge >= 0.3 is 0 Å². The van der Waals surface area contributed by atoms with Gasteiger partial charge in [0.05, 0.1) is 24.2 Å². The fourth-order valence-corrected chi connectivity index (χ4v) is 2.46. The molecule has 3 heterocycles. The van der Waals surface area contributed by atoms with E-state index in [1.807, 2.05) is 23.0 Å². The number of H-pyrrole nitrogens is 1. The fraction of sp³-hybridized carbons (Fsp3) is 0. The quantitative estimate of drug-likeness (QED) is 0.609. The molecule has 4 nitrogen and oxygen atoms in total. The first kappa shape index (κ1) is 11.8. The molecule has 0 amide bonds.